The van der Waals surface area contributed by atoms with Gasteiger partial charge in [0, 0.05) is 25.0 Å². The molecule has 2 aromatic carbocycles. The summed E-state index contributed by atoms with van der Waals surface area (Å²) in [5.41, 5.74) is 7.89. The lowest BCUT2D eigenvalue weighted by atomic mass is 10.1. The zero-order valence-corrected chi connectivity index (χ0v) is 10.0. The number of anilines is 2. The van der Waals surface area contributed by atoms with Crippen molar-refractivity contribution in [2.75, 3.05) is 17.7 Å². The first-order valence-electron chi connectivity index (χ1n) is 5.57. The fraction of sp³-hybridized carbons (Fsp3) is 0.143. The summed E-state index contributed by atoms with van der Waals surface area (Å²) in [7, 11) is 1.84. The van der Waals surface area contributed by atoms with E-state index >= 15 is 0 Å². The van der Waals surface area contributed by atoms with Crippen molar-refractivity contribution in [1.29, 1.82) is 0 Å². The predicted molar refractivity (Wildman–Crippen MR) is 69.3 cm³/mol. The highest BCUT2D eigenvalue weighted by molar-refractivity contribution is 5.51. The first-order valence-corrected chi connectivity index (χ1v) is 5.57. The maximum Gasteiger partial charge on any atom is 0.123 e. The van der Waals surface area contributed by atoms with Crippen molar-refractivity contribution in [2.45, 2.75) is 6.54 Å². The molecule has 0 radical (unpaired) electrons. The minimum Gasteiger partial charge on any atom is -0.398 e. The highest BCUT2D eigenvalue weighted by Crippen LogP contribution is 2.20. The molecule has 2 aromatic rings. The van der Waals surface area contributed by atoms with Gasteiger partial charge in [-0.15, -0.1) is 0 Å². The van der Waals surface area contributed by atoms with Gasteiger partial charge in [-0.1, -0.05) is 0 Å². The summed E-state index contributed by atoms with van der Waals surface area (Å²) < 4.78 is 25.9. The SMILES string of the molecule is CN(Cc1cc(F)ccc1N)c1ccc(F)cc1. The lowest BCUT2D eigenvalue weighted by Crippen LogP contribution is -2.17. The van der Waals surface area contributed by atoms with Crippen LogP contribution in [-0.2, 0) is 6.54 Å². The van der Waals surface area contributed by atoms with Gasteiger partial charge < -0.3 is 10.6 Å². The van der Waals surface area contributed by atoms with Gasteiger partial charge in [0.1, 0.15) is 11.6 Å². The van der Waals surface area contributed by atoms with E-state index in [2.05, 4.69) is 0 Å². The van der Waals surface area contributed by atoms with E-state index in [1.807, 2.05) is 11.9 Å². The third-order valence-electron chi connectivity index (χ3n) is 2.78. The molecule has 0 aliphatic heterocycles. The monoisotopic (exact) mass is 248 g/mol. The Morgan fingerprint density at radius 3 is 2.28 bits per heavy atom. The van der Waals surface area contributed by atoms with E-state index in [1.54, 1.807) is 18.2 Å². The average molecular weight is 248 g/mol. The van der Waals surface area contributed by atoms with Crippen LogP contribution in [0.15, 0.2) is 42.5 Å². The van der Waals surface area contributed by atoms with Crippen LogP contribution in [0.3, 0.4) is 0 Å². The topological polar surface area (TPSA) is 29.3 Å². The number of hydrogen-bond acceptors (Lipinski definition) is 2. The minimum absolute atomic E-state index is 0.280. The van der Waals surface area contributed by atoms with E-state index in [1.165, 1.54) is 24.3 Å². The molecule has 0 spiro atoms. The molecule has 2 rings (SSSR count). The van der Waals surface area contributed by atoms with Crippen molar-refractivity contribution < 1.29 is 8.78 Å². The Kier molecular flexibility index (Phi) is 3.46. The minimum atomic E-state index is -0.313. The van der Waals surface area contributed by atoms with Gasteiger partial charge in [-0.05, 0) is 48.0 Å². The average Bonchev–Trinajstić information content (AvgIpc) is 2.34. The van der Waals surface area contributed by atoms with E-state index in [4.69, 9.17) is 5.73 Å². The van der Waals surface area contributed by atoms with Crippen LogP contribution in [-0.4, -0.2) is 7.05 Å². The summed E-state index contributed by atoms with van der Waals surface area (Å²) >= 11 is 0. The van der Waals surface area contributed by atoms with Gasteiger partial charge in [0.05, 0.1) is 0 Å². The number of halogens is 2. The summed E-state index contributed by atoms with van der Waals surface area (Å²) in [5.74, 6) is -0.593. The summed E-state index contributed by atoms with van der Waals surface area (Å²) in [6, 6.07) is 10.4. The lowest BCUT2D eigenvalue weighted by molar-refractivity contribution is 0.625. The van der Waals surface area contributed by atoms with Crippen LogP contribution < -0.4 is 10.6 Å². The standard InChI is InChI=1S/C14H14F2N2/c1-18(13-5-2-11(15)3-6-13)9-10-8-12(16)4-7-14(10)17/h2-8H,9,17H2,1H3. The van der Waals surface area contributed by atoms with Crippen LogP contribution in [0.4, 0.5) is 20.2 Å². The highest BCUT2D eigenvalue weighted by atomic mass is 19.1. The second-order valence-corrected chi connectivity index (χ2v) is 4.18. The molecule has 0 heterocycles. The second kappa shape index (κ2) is 5.04. The number of benzene rings is 2. The van der Waals surface area contributed by atoms with E-state index in [-0.39, 0.29) is 11.6 Å². The molecular weight excluding hydrogens is 234 g/mol. The van der Waals surface area contributed by atoms with Gasteiger partial charge in [0.25, 0.3) is 0 Å². The quantitative estimate of drug-likeness (QED) is 0.845. The fourth-order valence-corrected chi connectivity index (χ4v) is 1.75. The molecular formula is C14H14F2N2. The molecule has 0 saturated carbocycles. The number of rotatable bonds is 3. The molecule has 0 fully saturated rings. The van der Waals surface area contributed by atoms with Crippen LogP contribution in [0.5, 0.6) is 0 Å². The van der Waals surface area contributed by atoms with Crippen LogP contribution in [0.1, 0.15) is 5.56 Å². The molecule has 2 nitrogen and oxygen atoms in total. The van der Waals surface area contributed by atoms with E-state index < -0.39 is 0 Å². The van der Waals surface area contributed by atoms with Crippen molar-refractivity contribution in [2.24, 2.45) is 0 Å². The Hall–Kier alpha value is -2.10. The maximum atomic E-state index is 13.1. The highest BCUT2D eigenvalue weighted by Gasteiger charge is 2.06. The molecule has 0 saturated heterocycles. The first kappa shape index (κ1) is 12.4. The number of nitrogen functional groups attached to an aromatic ring is 1. The number of hydrogen-bond donors (Lipinski definition) is 1. The summed E-state index contributed by atoms with van der Waals surface area (Å²) in [6.07, 6.45) is 0. The molecule has 0 bridgehead atoms. The zero-order valence-electron chi connectivity index (χ0n) is 10.0. The largest absolute Gasteiger partial charge is 0.398 e. The van der Waals surface area contributed by atoms with Crippen molar-refractivity contribution in [1.82, 2.24) is 0 Å². The van der Waals surface area contributed by atoms with Crippen LogP contribution in [0.25, 0.3) is 0 Å². The summed E-state index contributed by atoms with van der Waals surface area (Å²) in [4.78, 5) is 1.88. The van der Waals surface area contributed by atoms with Crippen LogP contribution in [0, 0.1) is 11.6 Å². The summed E-state index contributed by atoms with van der Waals surface area (Å²) in [5, 5.41) is 0. The molecule has 4 heteroatoms. The van der Waals surface area contributed by atoms with Crippen molar-refractivity contribution >= 4 is 11.4 Å². The molecule has 0 unspecified atom stereocenters. The molecule has 0 aliphatic rings. The van der Waals surface area contributed by atoms with Gasteiger partial charge in [0.15, 0.2) is 0 Å². The third-order valence-corrected chi connectivity index (χ3v) is 2.78. The van der Waals surface area contributed by atoms with E-state index in [0.717, 1.165) is 5.69 Å². The van der Waals surface area contributed by atoms with Crippen molar-refractivity contribution in [3.05, 3.63) is 59.7 Å². The first-order chi connectivity index (χ1) is 8.56. The maximum absolute atomic E-state index is 13.1. The van der Waals surface area contributed by atoms with Crippen LogP contribution in [0.2, 0.25) is 0 Å². The van der Waals surface area contributed by atoms with Gasteiger partial charge in [-0.25, -0.2) is 8.78 Å². The number of nitrogens with two attached hydrogens (primary N) is 1. The Labute approximate surface area is 105 Å². The van der Waals surface area contributed by atoms with Crippen molar-refractivity contribution in [3.63, 3.8) is 0 Å². The van der Waals surface area contributed by atoms with Gasteiger partial charge in [-0.2, -0.15) is 0 Å². The Balaban J connectivity index is 2.18. The van der Waals surface area contributed by atoms with E-state index in [9.17, 15) is 8.78 Å². The molecule has 94 valence electrons. The van der Waals surface area contributed by atoms with Gasteiger partial charge >= 0.3 is 0 Å². The fourth-order valence-electron chi connectivity index (χ4n) is 1.75. The van der Waals surface area contributed by atoms with E-state index in [0.29, 0.717) is 17.8 Å². The normalized spacial score (nSPS) is 10.4. The predicted octanol–water partition coefficient (Wildman–Crippen LogP) is 3.18. The number of nitrogens with zero attached hydrogens (tertiary/aromatic N) is 1. The molecule has 2 N–H and O–H groups in total. The van der Waals surface area contributed by atoms with Crippen molar-refractivity contribution in [3.8, 4) is 0 Å². The third kappa shape index (κ3) is 2.77. The Morgan fingerprint density at radius 2 is 1.61 bits per heavy atom. The Bertz CT molecular complexity index is 538. The second-order valence-electron chi connectivity index (χ2n) is 4.18. The smallest absolute Gasteiger partial charge is 0.123 e. The molecule has 0 aromatic heterocycles. The molecule has 0 atom stereocenters. The van der Waals surface area contributed by atoms with Gasteiger partial charge in [-0.3, -0.25) is 0 Å². The lowest BCUT2D eigenvalue weighted by Gasteiger charge is -2.20. The molecule has 18 heavy (non-hydrogen) atoms. The van der Waals surface area contributed by atoms with Crippen LogP contribution >= 0.6 is 0 Å². The molecule has 0 aliphatic carbocycles. The zero-order chi connectivity index (χ0) is 13.1. The Morgan fingerprint density at radius 1 is 1.00 bits per heavy atom. The van der Waals surface area contributed by atoms with Gasteiger partial charge in [0.2, 0.25) is 0 Å². The molecule has 0 amide bonds. The summed E-state index contributed by atoms with van der Waals surface area (Å²) in [6.45, 7) is 0.467.